The summed E-state index contributed by atoms with van der Waals surface area (Å²) in [5.74, 6) is 0.691. The Bertz CT molecular complexity index is 1240. The molecule has 4 rings (SSSR count). The Morgan fingerprint density at radius 3 is 2.28 bits per heavy atom. The van der Waals surface area contributed by atoms with E-state index in [9.17, 15) is 9.59 Å². The van der Waals surface area contributed by atoms with Crippen LogP contribution in [0.1, 0.15) is 22.3 Å². The van der Waals surface area contributed by atoms with Crippen molar-refractivity contribution in [1.29, 1.82) is 0 Å². The highest BCUT2D eigenvalue weighted by Crippen LogP contribution is 2.28. The molecule has 2 amide bonds. The molecule has 3 aromatic rings. The lowest BCUT2D eigenvalue weighted by molar-refractivity contribution is -0.124. The molecule has 0 radical (unpaired) electrons. The van der Waals surface area contributed by atoms with Crippen molar-refractivity contribution in [3.05, 3.63) is 83.9 Å². The number of nitrogens with one attached hydrogen (secondary N) is 1. The van der Waals surface area contributed by atoms with Crippen LogP contribution in [0, 0.1) is 0 Å². The molecule has 0 saturated carbocycles. The van der Waals surface area contributed by atoms with E-state index >= 15 is 0 Å². The van der Waals surface area contributed by atoms with Gasteiger partial charge in [-0.2, -0.15) is 0 Å². The van der Waals surface area contributed by atoms with Gasteiger partial charge in [0, 0.05) is 18.5 Å². The second-order valence-corrected chi connectivity index (χ2v) is 8.34. The van der Waals surface area contributed by atoms with Crippen LogP contribution in [-0.4, -0.2) is 56.3 Å². The zero-order valence-electron chi connectivity index (χ0n) is 20.6. The first-order chi connectivity index (χ1) is 17.5. The van der Waals surface area contributed by atoms with Crippen molar-refractivity contribution >= 4 is 17.5 Å². The van der Waals surface area contributed by atoms with Crippen molar-refractivity contribution in [2.24, 2.45) is 5.16 Å². The summed E-state index contributed by atoms with van der Waals surface area (Å²) in [4.78, 5) is 33.0. The Morgan fingerprint density at radius 2 is 1.61 bits per heavy atom. The van der Waals surface area contributed by atoms with Crippen LogP contribution in [0.25, 0.3) is 11.1 Å². The Labute approximate surface area is 210 Å². The van der Waals surface area contributed by atoms with Crippen LogP contribution in [0.15, 0.2) is 78.0 Å². The maximum absolute atomic E-state index is 13.4. The van der Waals surface area contributed by atoms with E-state index in [0.29, 0.717) is 29.2 Å². The molecular weight excluding hydrogens is 458 g/mol. The number of methoxy groups -OCH3 is 2. The second-order valence-electron chi connectivity index (χ2n) is 8.34. The number of rotatable bonds is 8. The van der Waals surface area contributed by atoms with Crippen LogP contribution >= 0.6 is 0 Å². The van der Waals surface area contributed by atoms with Crippen LogP contribution in [0.2, 0.25) is 0 Å². The molecule has 0 bridgehead atoms. The number of hydrogen-bond acceptors (Lipinski definition) is 6. The summed E-state index contributed by atoms with van der Waals surface area (Å²) >= 11 is 0. The van der Waals surface area contributed by atoms with Gasteiger partial charge in [-0.15, -0.1) is 0 Å². The van der Waals surface area contributed by atoms with Crippen LogP contribution < -0.4 is 14.8 Å². The summed E-state index contributed by atoms with van der Waals surface area (Å²) in [5.41, 5.74) is 4.07. The lowest BCUT2D eigenvalue weighted by Gasteiger charge is -2.23. The number of oxime groups is 1. The molecule has 1 N–H and O–H groups in total. The number of benzene rings is 3. The smallest absolute Gasteiger partial charge is 0.254 e. The highest BCUT2D eigenvalue weighted by atomic mass is 16.6. The minimum atomic E-state index is -0.694. The predicted molar refractivity (Wildman–Crippen MR) is 137 cm³/mol. The van der Waals surface area contributed by atoms with E-state index in [-0.39, 0.29) is 24.9 Å². The van der Waals surface area contributed by atoms with E-state index < -0.39 is 6.04 Å². The lowest BCUT2D eigenvalue weighted by atomic mass is 10.0. The number of hydrogen-bond donors (Lipinski definition) is 1. The van der Waals surface area contributed by atoms with Crippen LogP contribution in [0.4, 0.5) is 0 Å². The van der Waals surface area contributed by atoms with Gasteiger partial charge in [0.2, 0.25) is 5.91 Å². The minimum absolute atomic E-state index is 0.224. The van der Waals surface area contributed by atoms with Gasteiger partial charge in [0.05, 0.1) is 26.5 Å². The van der Waals surface area contributed by atoms with Gasteiger partial charge in [-0.25, -0.2) is 0 Å². The average Bonchev–Trinajstić information content (AvgIpc) is 3.36. The van der Waals surface area contributed by atoms with Gasteiger partial charge in [-0.3, -0.25) is 9.59 Å². The molecule has 0 spiro atoms. The summed E-state index contributed by atoms with van der Waals surface area (Å²) in [6.45, 7) is 0.502. The Balaban J connectivity index is 1.49. The van der Waals surface area contributed by atoms with Crippen molar-refractivity contribution < 1.29 is 23.9 Å². The molecule has 3 aromatic carbocycles. The predicted octanol–water partition coefficient (Wildman–Crippen LogP) is 3.90. The van der Waals surface area contributed by atoms with Crippen molar-refractivity contribution in [2.45, 2.75) is 19.0 Å². The first-order valence-corrected chi connectivity index (χ1v) is 11.6. The molecule has 186 valence electrons. The molecule has 1 atom stereocenters. The minimum Gasteiger partial charge on any atom is -0.493 e. The summed E-state index contributed by atoms with van der Waals surface area (Å²) < 4.78 is 10.6. The topological polar surface area (TPSA) is 89.5 Å². The van der Waals surface area contributed by atoms with E-state index in [4.69, 9.17) is 14.3 Å². The standard InChI is InChI=1S/C28H29N3O5/c1-34-25-14-9-19(15-26(25)35-2)17-29-27(32)24-16-23(30-36-3)18-31(24)28(33)22-12-10-21(11-13-22)20-7-5-4-6-8-20/h4-15,24H,16-18H2,1-3H3,(H,29,32). The highest BCUT2D eigenvalue weighted by Gasteiger charge is 2.38. The fraction of sp³-hybridized carbons (Fsp3) is 0.250. The molecular formula is C28H29N3O5. The summed E-state index contributed by atoms with van der Waals surface area (Å²) in [6.07, 6.45) is 0.305. The summed E-state index contributed by atoms with van der Waals surface area (Å²) in [7, 11) is 4.58. The van der Waals surface area contributed by atoms with Gasteiger partial charge in [0.25, 0.3) is 5.91 Å². The number of nitrogens with zero attached hydrogens (tertiary/aromatic N) is 2. The highest BCUT2D eigenvalue weighted by molar-refractivity contribution is 6.05. The molecule has 1 saturated heterocycles. The van der Waals surface area contributed by atoms with Crippen molar-refractivity contribution in [3.8, 4) is 22.6 Å². The van der Waals surface area contributed by atoms with E-state index in [0.717, 1.165) is 16.7 Å². The molecule has 1 unspecified atom stereocenters. The third-order valence-corrected chi connectivity index (χ3v) is 6.10. The van der Waals surface area contributed by atoms with Gasteiger partial charge < -0.3 is 24.5 Å². The van der Waals surface area contributed by atoms with Crippen molar-refractivity contribution in [1.82, 2.24) is 10.2 Å². The zero-order valence-corrected chi connectivity index (χ0v) is 20.6. The maximum Gasteiger partial charge on any atom is 0.254 e. The molecule has 8 heteroatoms. The molecule has 1 heterocycles. The molecule has 1 aliphatic rings. The molecule has 0 aliphatic carbocycles. The largest absolute Gasteiger partial charge is 0.493 e. The van der Waals surface area contributed by atoms with Crippen molar-refractivity contribution in [3.63, 3.8) is 0 Å². The maximum atomic E-state index is 13.4. The van der Waals surface area contributed by atoms with Crippen molar-refractivity contribution in [2.75, 3.05) is 27.9 Å². The number of ether oxygens (including phenoxy) is 2. The van der Waals surface area contributed by atoms with E-state index in [2.05, 4.69) is 10.5 Å². The van der Waals surface area contributed by atoms with E-state index in [1.807, 2.05) is 54.6 Å². The Kier molecular flexibility index (Phi) is 7.85. The average molecular weight is 488 g/mol. The third-order valence-electron chi connectivity index (χ3n) is 6.10. The first-order valence-electron chi connectivity index (χ1n) is 11.6. The van der Waals surface area contributed by atoms with Gasteiger partial charge >= 0.3 is 0 Å². The SMILES string of the molecule is CON=C1CC(C(=O)NCc2ccc(OC)c(OC)c2)N(C(=O)c2ccc(-c3ccccc3)cc2)C1. The van der Waals surface area contributed by atoms with Gasteiger partial charge in [0.1, 0.15) is 13.2 Å². The zero-order chi connectivity index (χ0) is 25.5. The fourth-order valence-electron chi connectivity index (χ4n) is 4.25. The molecule has 1 aliphatic heterocycles. The molecule has 0 aromatic heterocycles. The second kappa shape index (κ2) is 11.4. The normalized spacial score (nSPS) is 16.0. The van der Waals surface area contributed by atoms with Crippen LogP contribution in [-0.2, 0) is 16.2 Å². The Hall–Kier alpha value is -4.33. The molecule has 1 fully saturated rings. The Morgan fingerprint density at radius 1 is 0.917 bits per heavy atom. The summed E-state index contributed by atoms with van der Waals surface area (Å²) in [5, 5.41) is 6.94. The lowest BCUT2D eigenvalue weighted by Crippen LogP contribution is -2.45. The number of carbonyl (C=O) groups is 2. The molecule has 8 nitrogen and oxygen atoms in total. The van der Waals surface area contributed by atoms with Gasteiger partial charge in [-0.1, -0.05) is 53.7 Å². The van der Waals surface area contributed by atoms with Crippen LogP contribution in [0.5, 0.6) is 11.5 Å². The summed E-state index contributed by atoms with van der Waals surface area (Å²) in [6, 6.07) is 22.1. The van der Waals surface area contributed by atoms with Gasteiger partial charge in [0.15, 0.2) is 11.5 Å². The number of carbonyl (C=O) groups excluding carboxylic acids is 2. The van der Waals surface area contributed by atoms with E-state index in [1.165, 1.54) is 7.11 Å². The molecule has 36 heavy (non-hydrogen) atoms. The quantitative estimate of drug-likeness (QED) is 0.487. The number of likely N-dealkylation sites (tertiary alicyclic amines) is 1. The van der Waals surface area contributed by atoms with E-state index in [1.54, 1.807) is 37.3 Å². The fourth-order valence-corrected chi connectivity index (χ4v) is 4.25. The number of amides is 2. The monoisotopic (exact) mass is 487 g/mol. The van der Waals surface area contributed by atoms with Gasteiger partial charge in [-0.05, 0) is 41.0 Å². The van der Waals surface area contributed by atoms with Crippen LogP contribution in [0.3, 0.4) is 0 Å². The first kappa shape index (κ1) is 24.8. The third kappa shape index (κ3) is 5.49.